The van der Waals surface area contributed by atoms with Gasteiger partial charge in [-0.2, -0.15) is 22.0 Å². The first-order chi connectivity index (χ1) is 18.9. The van der Waals surface area contributed by atoms with Crippen molar-refractivity contribution in [1.82, 2.24) is 0 Å². The van der Waals surface area contributed by atoms with Crippen LogP contribution in [0.2, 0.25) is 0 Å². The maximum atomic E-state index is 18.3. The quantitative estimate of drug-likeness (QED) is 0.186. The molecule has 0 amide bonds. The molecule has 1 saturated heterocycles. The molecule has 0 aliphatic carbocycles. The highest BCUT2D eigenvalue weighted by atomic mass is 19.4. The van der Waals surface area contributed by atoms with Gasteiger partial charge in [-0.15, -0.1) is 0 Å². The zero-order valence-electron chi connectivity index (χ0n) is 20.4. The van der Waals surface area contributed by atoms with E-state index < -0.39 is 57.1 Å². The van der Waals surface area contributed by atoms with Crippen molar-refractivity contribution in [3.8, 4) is 0 Å². The van der Waals surface area contributed by atoms with E-state index in [4.69, 9.17) is 4.74 Å². The summed E-state index contributed by atoms with van der Waals surface area (Å²) in [5, 5.41) is 0. The van der Waals surface area contributed by atoms with E-state index in [0.717, 1.165) is 30.3 Å². The summed E-state index contributed by atoms with van der Waals surface area (Å²) in [5.41, 5.74) is -18.4. The zero-order chi connectivity index (χ0) is 28.6. The Morgan fingerprint density at radius 1 is 0.575 bits per heavy atom. The van der Waals surface area contributed by atoms with Crippen molar-refractivity contribution >= 4 is 5.78 Å². The predicted molar refractivity (Wildman–Crippen MR) is 131 cm³/mol. The number of ketones is 1. The monoisotopic (exact) mass is 556 g/mol. The van der Waals surface area contributed by atoms with Crippen LogP contribution in [0.15, 0.2) is 115 Å². The van der Waals surface area contributed by atoms with Gasteiger partial charge in [-0.05, 0) is 22.3 Å². The lowest BCUT2D eigenvalue weighted by Gasteiger charge is -2.50. The molecule has 0 spiro atoms. The summed E-state index contributed by atoms with van der Waals surface area (Å²) in [7, 11) is 0. The Hall–Kier alpha value is -3.98. The van der Waals surface area contributed by atoms with Crippen molar-refractivity contribution in [2.45, 2.75) is 34.6 Å². The van der Waals surface area contributed by atoms with Crippen LogP contribution in [0.5, 0.6) is 0 Å². The van der Waals surface area contributed by atoms with E-state index in [0.29, 0.717) is 0 Å². The summed E-state index contributed by atoms with van der Waals surface area (Å²) in [6.07, 6.45) is -6.61. The Morgan fingerprint density at radius 2 is 0.975 bits per heavy atom. The number of halogens is 7. The lowest BCUT2D eigenvalue weighted by Crippen LogP contribution is -2.76. The molecule has 9 heteroatoms. The van der Waals surface area contributed by atoms with Gasteiger partial charge in [-0.3, -0.25) is 4.79 Å². The maximum absolute atomic E-state index is 18.3. The van der Waals surface area contributed by atoms with Gasteiger partial charge in [0.25, 0.3) is 11.3 Å². The molecule has 1 fully saturated rings. The number of ether oxygens (including phenoxy) is 1. The molecule has 6 rings (SSSR count). The summed E-state index contributed by atoms with van der Waals surface area (Å²) in [6.45, 7) is 0. The summed E-state index contributed by atoms with van der Waals surface area (Å²) in [6, 6.07) is 23.9. The molecule has 2 aliphatic heterocycles. The van der Waals surface area contributed by atoms with E-state index in [1.807, 2.05) is 0 Å². The number of carbonyl (C=O) groups excluding carboxylic acids is 1. The molecule has 2 heterocycles. The molecule has 0 aromatic heterocycles. The largest absolute Gasteiger partial charge is 0.457 e. The minimum absolute atomic E-state index is 0.233. The Balaban J connectivity index is 1.87. The SMILES string of the molecule is O=C(c1ccccc1)[C@]1(F)[C@]2(c3ccccc3)O[C@@](c3ccccc3)(c3ccccc32)[C@@]1(F)C(F)(F)C(F)(F)F. The molecular formula is C31H19F7O2. The van der Waals surface area contributed by atoms with Crippen LogP contribution >= 0.6 is 0 Å². The van der Waals surface area contributed by atoms with E-state index >= 15 is 17.6 Å². The first-order valence-electron chi connectivity index (χ1n) is 12.2. The van der Waals surface area contributed by atoms with Gasteiger partial charge in [0, 0.05) is 5.56 Å². The predicted octanol–water partition coefficient (Wildman–Crippen LogP) is 7.71. The molecule has 0 saturated carbocycles. The number of alkyl halides is 7. The third-order valence-electron chi connectivity index (χ3n) is 7.93. The van der Waals surface area contributed by atoms with Crippen LogP contribution in [0.3, 0.4) is 0 Å². The molecule has 40 heavy (non-hydrogen) atoms. The second-order valence-electron chi connectivity index (χ2n) is 9.83. The highest BCUT2D eigenvalue weighted by Crippen LogP contribution is 2.78. The van der Waals surface area contributed by atoms with Crippen molar-refractivity contribution in [1.29, 1.82) is 0 Å². The van der Waals surface area contributed by atoms with E-state index in [2.05, 4.69) is 0 Å². The number of Topliss-reactive ketones (excluding diaryl/α,β-unsaturated/α-hetero) is 1. The Morgan fingerprint density at radius 3 is 1.45 bits per heavy atom. The molecule has 2 bridgehead atoms. The van der Waals surface area contributed by atoms with Crippen LogP contribution < -0.4 is 0 Å². The first kappa shape index (κ1) is 26.3. The number of carbonyl (C=O) groups is 1. The number of rotatable bonds is 5. The van der Waals surface area contributed by atoms with E-state index in [1.54, 1.807) is 0 Å². The molecule has 4 aromatic carbocycles. The van der Waals surface area contributed by atoms with Crippen LogP contribution in [-0.4, -0.2) is 29.2 Å². The fourth-order valence-corrected chi connectivity index (χ4v) is 6.34. The number of benzene rings is 4. The van der Waals surface area contributed by atoms with Crippen LogP contribution in [0, 0.1) is 0 Å². The van der Waals surface area contributed by atoms with Gasteiger partial charge in [-0.1, -0.05) is 115 Å². The average molecular weight is 556 g/mol. The lowest BCUT2D eigenvalue weighted by molar-refractivity contribution is -0.353. The van der Waals surface area contributed by atoms with Crippen LogP contribution in [0.25, 0.3) is 0 Å². The van der Waals surface area contributed by atoms with E-state index in [9.17, 15) is 18.0 Å². The third-order valence-corrected chi connectivity index (χ3v) is 7.93. The fourth-order valence-electron chi connectivity index (χ4n) is 6.34. The Kier molecular flexibility index (Phi) is 5.43. The van der Waals surface area contributed by atoms with Gasteiger partial charge in [0.2, 0.25) is 5.78 Å². The van der Waals surface area contributed by atoms with Crippen molar-refractivity contribution in [3.05, 3.63) is 143 Å². The van der Waals surface area contributed by atoms with E-state index in [1.165, 1.54) is 84.9 Å². The molecule has 0 unspecified atom stereocenters. The summed E-state index contributed by atoms with van der Waals surface area (Å²) >= 11 is 0. The van der Waals surface area contributed by atoms with Crippen molar-refractivity contribution in [2.75, 3.05) is 0 Å². The van der Waals surface area contributed by atoms with Crippen molar-refractivity contribution in [3.63, 3.8) is 0 Å². The zero-order valence-corrected chi connectivity index (χ0v) is 20.4. The maximum Gasteiger partial charge on any atom is 0.457 e. The fraction of sp³-hybridized carbons (Fsp3) is 0.194. The van der Waals surface area contributed by atoms with Gasteiger partial charge in [0.15, 0.2) is 11.2 Å². The number of hydrogen-bond donors (Lipinski definition) is 0. The summed E-state index contributed by atoms with van der Waals surface area (Å²) in [4.78, 5) is 14.1. The van der Waals surface area contributed by atoms with Gasteiger partial charge >= 0.3 is 12.1 Å². The minimum atomic E-state index is -6.61. The average Bonchev–Trinajstić information content (AvgIpc) is 3.40. The molecule has 0 radical (unpaired) electrons. The van der Waals surface area contributed by atoms with Gasteiger partial charge < -0.3 is 4.74 Å². The normalized spacial score (nSPS) is 29.3. The number of hydrogen-bond acceptors (Lipinski definition) is 2. The van der Waals surface area contributed by atoms with Crippen LogP contribution in [0.4, 0.5) is 30.7 Å². The first-order valence-corrected chi connectivity index (χ1v) is 12.2. The van der Waals surface area contributed by atoms with Crippen molar-refractivity contribution < 1.29 is 40.3 Å². The summed E-state index contributed by atoms with van der Waals surface area (Å²) < 4.78 is 117. The molecule has 4 atom stereocenters. The molecule has 0 N–H and O–H groups in total. The van der Waals surface area contributed by atoms with Crippen LogP contribution in [-0.2, 0) is 15.9 Å². The Bertz CT molecular complexity index is 1590. The molecular weight excluding hydrogens is 537 g/mol. The standard InChI is InChI=1S/C31H19F7O2/c32-28(25(39)20-12-4-1-5-13-20)26(21-14-6-2-7-15-21)23-18-10-11-19-24(23)27(40-26,22-16-8-3-9-17-22)29(28,33)30(34,35)31(36,37)38/h1-19H/t26-,27+,28+,29+/m1/s1. The van der Waals surface area contributed by atoms with Crippen LogP contribution in [0.1, 0.15) is 32.6 Å². The highest BCUT2D eigenvalue weighted by molar-refractivity contribution is 6.06. The van der Waals surface area contributed by atoms with Gasteiger partial charge in [-0.25, -0.2) is 8.78 Å². The highest BCUT2D eigenvalue weighted by Gasteiger charge is 2.99. The van der Waals surface area contributed by atoms with E-state index in [-0.39, 0.29) is 11.1 Å². The lowest BCUT2D eigenvalue weighted by atomic mass is 9.53. The molecule has 2 aliphatic rings. The third kappa shape index (κ3) is 2.76. The summed E-state index contributed by atoms with van der Waals surface area (Å²) in [5.74, 6) is -8.32. The number of fused-ring (bicyclic) bond motifs is 5. The molecule has 2 nitrogen and oxygen atoms in total. The molecule has 204 valence electrons. The topological polar surface area (TPSA) is 26.3 Å². The Labute approximate surface area is 224 Å². The van der Waals surface area contributed by atoms with Gasteiger partial charge in [0.05, 0.1) is 0 Å². The van der Waals surface area contributed by atoms with Crippen molar-refractivity contribution in [2.24, 2.45) is 0 Å². The second-order valence-corrected chi connectivity index (χ2v) is 9.83. The molecule has 4 aromatic rings. The smallest absolute Gasteiger partial charge is 0.342 e. The second kappa shape index (κ2) is 8.27. The minimum Gasteiger partial charge on any atom is -0.342 e. The van der Waals surface area contributed by atoms with Gasteiger partial charge in [0.1, 0.15) is 0 Å².